The van der Waals surface area contributed by atoms with Crippen molar-refractivity contribution in [2.45, 2.75) is 44.1 Å². The van der Waals surface area contributed by atoms with E-state index in [1.807, 2.05) is 18.2 Å². The molecule has 0 aromatic heterocycles. The summed E-state index contributed by atoms with van der Waals surface area (Å²) in [5.41, 5.74) is 0.876. The first kappa shape index (κ1) is 14.9. The van der Waals surface area contributed by atoms with Crippen LogP contribution in [0.5, 0.6) is 0 Å². The average Bonchev–Trinajstić information content (AvgIpc) is 2.52. The van der Waals surface area contributed by atoms with Gasteiger partial charge in [0.05, 0.1) is 0 Å². The highest BCUT2D eigenvalue weighted by Gasteiger charge is 2.51. The second kappa shape index (κ2) is 5.32. The zero-order valence-electron chi connectivity index (χ0n) is 13.7. The van der Waals surface area contributed by atoms with Crippen molar-refractivity contribution in [1.29, 1.82) is 0 Å². The van der Waals surface area contributed by atoms with Gasteiger partial charge in [-0.1, -0.05) is 28.1 Å². The van der Waals surface area contributed by atoms with E-state index in [1.54, 1.807) is 0 Å². The van der Waals surface area contributed by atoms with Crippen molar-refractivity contribution in [2.75, 3.05) is 0 Å². The van der Waals surface area contributed by atoms with Gasteiger partial charge in [-0.2, -0.15) is 0 Å². The molecule has 0 saturated heterocycles. The van der Waals surface area contributed by atoms with E-state index in [2.05, 4.69) is 39.4 Å². The summed E-state index contributed by atoms with van der Waals surface area (Å²) >= 11 is 3.50. The van der Waals surface area contributed by atoms with Crippen LogP contribution in [-0.4, -0.2) is 11.4 Å². The molecule has 4 saturated carbocycles. The Morgan fingerprint density at radius 2 is 1.50 bits per heavy atom. The molecule has 4 aliphatic rings. The number of amides is 1. The smallest absolute Gasteiger partial charge is 0.251 e. The lowest BCUT2D eigenvalue weighted by Crippen LogP contribution is -2.59. The molecule has 4 bridgehead atoms. The molecule has 6 rings (SSSR count). The molecule has 2 aromatic rings. The second-order valence-electron chi connectivity index (χ2n) is 8.36. The van der Waals surface area contributed by atoms with Gasteiger partial charge in [0, 0.05) is 15.6 Å². The number of nitrogens with one attached hydrogen (secondary N) is 1. The molecule has 24 heavy (non-hydrogen) atoms. The molecule has 0 heterocycles. The Hall–Kier alpha value is -1.35. The van der Waals surface area contributed by atoms with Gasteiger partial charge in [-0.15, -0.1) is 0 Å². The number of benzene rings is 2. The minimum Gasteiger partial charge on any atom is -0.347 e. The summed E-state index contributed by atoms with van der Waals surface area (Å²) in [6.07, 6.45) is 7.81. The molecule has 2 aromatic carbocycles. The molecule has 0 unspecified atom stereocenters. The minimum atomic E-state index is 0.0838. The van der Waals surface area contributed by atoms with Gasteiger partial charge in [0.25, 0.3) is 5.91 Å². The van der Waals surface area contributed by atoms with Crippen molar-refractivity contribution < 1.29 is 4.79 Å². The van der Waals surface area contributed by atoms with Crippen molar-refractivity contribution in [2.24, 2.45) is 17.8 Å². The number of hydrogen-bond acceptors (Lipinski definition) is 1. The molecule has 0 atom stereocenters. The predicted octanol–water partition coefficient (Wildman–Crippen LogP) is 5.30. The van der Waals surface area contributed by atoms with Crippen LogP contribution < -0.4 is 5.32 Å². The van der Waals surface area contributed by atoms with Gasteiger partial charge < -0.3 is 5.32 Å². The van der Waals surface area contributed by atoms with Crippen LogP contribution in [0.4, 0.5) is 0 Å². The first-order valence-electron chi connectivity index (χ1n) is 9.10. The van der Waals surface area contributed by atoms with Gasteiger partial charge in [-0.3, -0.25) is 4.79 Å². The van der Waals surface area contributed by atoms with E-state index in [9.17, 15) is 4.79 Å². The summed E-state index contributed by atoms with van der Waals surface area (Å²) in [6.45, 7) is 0. The van der Waals surface area contributed by atoms with E-state index in [0.29, 0.717) is 0 Å². The van der Waals surface area contributed by atoms with Gasteiger partial charge in [0.2, 0.25) is 0 Å². The van der Waals surface area contributed by atoms with E-state index in [4.69, 9.17) is 0 Å². The lowest BCUT2D eigenvalue weighted by molar-refractivity contribution is -0.0166. The Morgan fingerprint density at radius 1 is 0.917 bits per heavy atom. The van der Waals surface area contributed by atoms with Crippen LogP contribution >= 0.6 is 15.9 Å². The molecule has 4 aliphatic carbocycles. The summed E-state index contributed by atoms with van der Waals surface area (Å²) in [5, 5.41) is 5.75. The van der Waals surface area contributed by atoms with E-state index in [-0.39, 0.29) is 11.4 Å². The van der Waals surface area contributed by atoms with Crippen LogP contribution in [0.2, 0.25) is 0 Å². The van der Waals surface area contributed by atoms with Gasteiger partial charge in [0.1, 0.15) is 0 Å². The van der Waals surface area contributed by atoms with Crippen LogP contribution in [0.25, 0.3) is 10.8 Å². The number of rotatable bonds is 2. The van der Waals surface area contributed by atoms with Crippen LogP contribution in [0.15, 0.2) is 40.9 Å². The number of carbonyl (C=O) groups is 1. The SMILES string of the molecule is O=C(NC12CC3CC(CC(C3)C1)C2)c1ccc2cc(Br)ccc2c1. The quantitative estimate of drug-likeness (QED) is 0.748. The van der Waals surface area contributed by atoms with Crippen LogP contribution in [0, 0.1) is 17.8 Å². The average molecular weight is 384 g/mol. The van der Waals surface area contributed by atoms with E-state index in [1.165, 1.54) is 38.5 Å². The molecule has 124 valence electrons. The highest BCUT2D eigenvalue weighted by atomic mass is 79.9. The first-order chi connectivity index (χ1) is 11.6. The lowest BCUT2D eigenvalue weighted by atomic mass is 9.53. The monoisotopic (exact) mass is 383 g/mol. The molecule has 1 N–H and O–H groups in total. The van der Waals surface area contributed by atoms with E-state index < -0.39 is 0 Å². The first-order valence-corrected chi connectivity index (χ1v) is 9.90. The molecular formula is C21H22BrNO. The van der Waals surface area contributed by atoms with Gasteiger partial charge in [-0.25, -0.2) is 0 Å². The topological polar surface area (TPSA) is 29.1 Å². The maximum absolute atomic E-state index is 12.9. The van der Waals surface area contributed by atoms with Crippen molar-refractivity contribution in [3.63, 3.8) is 0 Å². The van der Waals surface area contributed by atoms with Crippen LogP contribution in [0.3, 0.4) is 0 Å². The standard InChI is InChI=1S/C21H22BrNO/c22-19-4-3-16-8-18(2-1-17(16)9-19)20(24)23-21-10-13-5-14(11-21)7-15(6-13)12-21/h1-4,8-9,13-15H,5-7,10-12H2,(H,23,24). The number of carbonyl (C=O) groups excluding carboxylic acids is 1. The summed E-state index contributed by atoms with van der Waals surface area (Å²) in [7, 11) is 0. The summed E-state index contributed by atoms with van der Waals surface area (Å²) in [4.78, 5) is 12.9. The molecule has 3 heteroatoms. The zero-order chi connectivity index (χ0) is 16.3. The molecular weight excluding hydrogens is 362 g/mol. The molecule has 0 spiro atoms. The zero-order valence-corrected chi connectivity index (χ0v) is 15.3. The largest absolute Gasteiger partial charge is 0.347 e. The number of fused-ring (bicyclic) bond motifs is 1. The van der Waals surface area contributed by atoms with Gasteiger partial charge >= 0.3 is 0 Å². The fraction of sp³-hybridized carbons (Fsp3) is 0.476. The molecule has 2 nitrogen and oxygen atoms in total. The van der Waals surface area contributed by atoms with E-state index >= 15 is 0 Å². The van der Waals surface area contributed by atoms with Crippen molar-refractivity contribution in [3.8, 4) is 0 Å². The highest BCUT2D eigenvalue weighted by Crippen LogP contribution is 2.55. The van der Waals surface area contributed by atoms with Crippen molar-refractivity contribution >= 4 is 32.6 Å². The van der Waals surface area contributed by atoms with Crippen molar-refractivity contribution in [1.82, 2.24) is 5.32 Å². The fourth-order valence-electron chi connectivity index (χ4n) is 5.93. The Kier molecular flexibility index (Phi) is 3.31. The van der Waals surface area contributed by atoms with Gasteiger partial charge in [0.15, 0.2) is 0 Å². The second-order valence-corrected chi connectivity index (χ2v) is 9.27. The Labute approximate surface area is 151 Å². The van der Waals surface area contributed by atoms with Gasteiger partial charge in [-0.05, 0) is 91.3 Å². The minimum absolute atomic E-state index is 0.0838. The summed E-state index contributed by atoms with van der Waals surface area (Å²) < 4.78 is 1.07. The third kappa shape index (κ3) is 2.48. The maximum Gasteiger partial charge on any atom is 0.251 e. The fourth-order valence-corrected chi connectivity index (χ4v) is 6.31. The van der Waals surface area contributed by atoms with Crippen molar-refractivity contribution in [3.05, 3.63) is 46.4 Å². The summed E-state index contributed by atoms with van der Waals surface area (Å²) in [6, 6.07) is 12.2. The maximum atomic E-state index is 12.9. The van der Waals surface area contributed by atoms with E-state index in [0.717, 1.165) is 38.6 Å². The number of halogens is 1. The normalized spacial score (nSPS) is 33.8. The van der Waals surface area contributed by atoms with Crippen LogP contribution in [0.1, 0.15) is 48.9 Å². The Balaban J connectivity index is 1.41. The molecule has 4 fully saturated rings. The molecule has 1 amide bonds. The lowest BCUT2D eigenvalue weighted by Gasteiger charge is -2.56. The predicted molar refractivity (Wildman–Crippen MR) is 100 cm³/mol. The summed E-state index contributed by atoms with van der Waals surface area (Å²) in [5.74, 6) is 2.67. The molecule has 0 radical (unpaired) electrons. The Bertz CT molecular complexity index is 792. The Morgan fingerprint density at radius 3 is 2.17 bits per heavy atom. The number of hydrogen-bond donors (Lipinski definition) is 1. The molecule has 0 aliphatic heterocycles. The highest BCUT2D eigenvalue weighted by molar-refractivity contribution is 9.10. The third-order valence-corrected chi connectivity index (χ3v) is 6.97. The van der Waals surface area contributed by atoms with Crippen LogP contribution in [-0.2, 0) is 0 Å². The third-order valence-electron chi connectivity index (χ3n) is 6.48.